The van der Waals surface area contributed by atoms with Gasteiger partial charge < -0.3 is 10.5 Å². The van der Waals surface area contributed by atoms with Crippen LogP contribution in [-0.2, 0) is 9.53 Å². The molecule has 0 bridgehead atoms. The van der Waals surface area contributed by atoms with Crippen LogP contribution >= 0.6 is 0 Å². The van der Waals surface area contributed by atoms with Gasteiger partial charge in [-0.2, -0.15) is 0 Å². The van der Waals surface area contributed by atoms with Crippen molar-refractivity contribution in [3.63, 3.8) is 0 Å². The molecule has 1 aliphatic rings. The Kier molecular flexibility index (Phi) is 7.39. The maximum Gasteiger partial charge on any atom is 0.320 e. The molecule has 4 heteroatoms. The van der Waals surface area contributed by atoms with Gasteiger partial charge >= 0.3 is 5.97 Å². The number of nitrogens with two attached hydrogens (primary N) is 1. The molecule has 1 aliphatic carbocycles. The Labute approximate surface area is 117 Å². The van der Waals surface area contributed by atoms with Crippen molar-refractivity contribution in [3.05, 3.63) is 0 Å². The van der Waals surface area contributed by atoms with E-state index in [1.165, 1.54) is 12.8 Å². The molecule has 112 valence electrons. The zero-order valence-electron chi connectivity index (χ0n) is 12.7. The Hall–Kier alpha value is -0.610. The molecule has 3 unspecified atom stereocenters. The van der Waals surface area contributed by atoms with Crippen molar-refractivity contribution in [2.45, 2.75) is 52.5 Å². The number of hydrogen-bond acceptors (Lipinski definition) is 4. The smallest absolute Gasteiger partial charge is 0.320 e. The summed E-state index contributed by atoms with van der Waals surface area (Å²) in [6, 6.07) is 0.443. The van der Waals surface area contributed by atoms with Gasteiger partial charge in [0, 0.05) is 6.04 Å². The largest absolute Gasteiger partial charge is 0.465 e. The van der Waals surface area contributed by atoms with E-state index >= 15 is 0 Å². The number of esters is 1. The average Bonchev–Trinajstić information content (AvgIpc) is 2.38. The van der Waals surface area contributed by atoms with Crippen LogP contribution in [0.15, 0.2) is 0 Å². The Morgan fingerprint density at radius 1 is 1.37 bits per heavy atom. The van der Waals surface area contributed by atoms with Crippen molar-refractivity contribution in [3.8, 4) is 0 Å². The average molecular weight is 270 g/mol. The maximum absolute atomic E-state index is 11.8. The topological polar surface area (TPSA) is 55.6 Å². The third-order valence-electron chi connectivity index (χ3n) is 4.14. The Bertz CT molecular complexity index is 271. The van der Waals surface area contributed by atoms with Gasteiger partial charge in [0.05, 0.1) is 13.2 Å². The molecule has 4 nitrogen and oxygen atoms in total. The van der Waals surface area contributed by atoms with Gasteiger partial charge in [-0.3, -0.25) is 9.69 Å². The standard InChI is InChI=1S/C15H30N2O2/c1-4-8-17(11-15(18)19-5-2)14-9-12(3)6-7-13(14)10-16/h12-14H,4-11,16H2,1-3H3. The van der Waals surface area contributed by atoms with E-state index in [1.54, 1.807) is 0 Å². The Morgan fingerprint density at radius 2 is 2.11 bits per heavy atom. The summed E-state index contributed by atoms with van der Waals surface area (Å²) in [6.07, 6.45) is 4.66. The minimum absolute atomic E-state index is 0.107. The number of carbonyl (C=O) groups excluding carboxylic acids is 1. The summed E-state index contributed by atoms with van der Waals surface area (Å²) >= 11 is 0. The molecule has 1 fully saturated rings. The fraction of sp³-hybridized carbons (Fsp3) is 0.933. The van der Waals surface area contributed by atoms with Crippen molar-refractivity contribution in [1.29, 1.82) is 0 Å². The van der Waals surface area contributed by atoms with E-state index in [1.807, 2.05) is 6.92 Å². The SMILES string of the molecule is CCCN(CC(=O)OCC)C1CC(C)CCC1CN. The van der Waals surface area contributed by atoms with Crippen LogP contribution in [0.4, 0.5) is 0 Å². The van der Waals surface area contributed by atoms with E-state index in [2.05, 4.69) is 18.7 Å². The lowest BCUT2D eigenvalue weighted by atomic mass is 9.78. The normalized spacial score (nSPS) is 27.5. The molecule has 0 heterocycles. The number of rotatable bonds is 7. The number of carbonyl (C=O) groups is 1. The summed E-state index contributed by atoms with van der Waals surface area (Å²) < 4.78 is 5.09. The molecule has 0 aliphatic heterocycles. The summed E-state index contributed by atoms with van der Waals surface area (Å²) in [5.74, 6) is 1.15. The molecule has 19 heavy (non-hydrogen) atoms. The lowest BCUT2D eigenvalue weighted by molar-refractivity contribution is -0.145. The van der Waals surface area contributed by atoms with Crippen LogP contribution in [0.25, 0.3) is 0 Å². The predicted octanol–water partition coefficient (Wildman–Crippen LogP) is 2.02. The molecule has 0 aromatic rings. The summed E-state index contributed by atoms with van der Waals surface area (Å²) in [5.41, 5.74) is 5.92. The fourth-order valence-electron chi connectivity index (χ4n) is 3.16. The monoisotopic (exact) mass is 270 g/mol. The first-order valence-electron chi connectivity index (χ1n) is 7.72. The highest BCUT2D eigenvalue weighted by atomic mass is 16.5. The number of hydrogen-bond donors (Lipinski definition) is 1. The van der Waals surface area contributed by atoms with Crippen LogP contribution in [0, 0.1) is 11.8 Å². The van der Waals surface area contributed by atoms with Crippen molar-refractivity contribution < 1.29 is 9.53 Å². The van der Waals surface area contributed by atoms with Gasteiger partial charge in [-0.05, 0) is 51.1 Å². The first kappa shape index (κ1) is 16.4. The molecule has 1 rings (SSSR count). The van der Waals surface area contributed by atoms with E-state index in [0.717, 1.165) is 31.8 Å². The van der Waals surface area contributed by atoms with E-state index in [-0.39, 0.29) is 5.97 Å². The molecule has 0 saturated heterocycles. The minimum Gasteiger partial charge on any atom is -0.465 e. The summed E-state index contributed by atoms with van der Waals surface area (Å²) in [4.78, 5) is 14.0. The number of nitrogens with zero attached hydrogens (tertiary/aromatic N) is 1. The number of ether oxygens (including phenoxy) is 1. The molecule has 0 spiro atoms. The third-order valence-corrected chi connectivity index (χ3v) is 4.14. The molecule has 2 N–H and O–H groups in total. The van der Waals surface area contributed by atoms with Crippen LogP contribution in [0.3, 0.4) is 0 Å². The van der Waals surface area contributed by atoms with Crippen molar-refractivity contribution >= 4 is 5.97 Å². The van der Waals surface area contributed by atoms with Gasteiger partial charge in [0.1, 0.15) is 0 Å². The second kappa shape index (κ2) is 8.54. The molecule has 0 aromatic carbocycles. The minimum atomic E-state index is -0.107. The maximum atomic E-state index is 11.8. The van der Waals surface area contributed by atoms with E-state index < -0.39 is 0 Å². The van der Waals surface area contributed by atoms with Gasteiger partial charge in [0.25, 0.3) is 0 Å². The van der Waals surface area contributed by atoms with Crippen LogP contribution in [-0.4, -0.2) is 43.2 Å². The lowest BCUT2D eigenvalue weighted by Crippen LogP contribution is -2.49. The highest BCUT2D eigenvalue weighted by Gasteiger charge is 2.32. The van der Waals surface area contributed by atoms with Crippen LogP contribution in [0.2, 0.25) is 0 Å². The third kappa shape index (κ3) is 5.11. The second-order valence-electron chi connectivity index (χ2n) is 5.76. The molecule has 3 atom stereocenters. The van der Waals surface area contributed by atoms with Gasteiger partial charge in [0.2, 0.25) is 0 Å². The second-order valence-corrected chi connectivity index (χ2v) is 5.76. The van der Waals surface area contributed by atoms with E-state index in [0.29, 0.717) is 25.1 Å². The predicted molar refractivity (Wildman–Crippen MR) is 77.8 cm³/mol. The highest BCUT2D eigenvalue weighted by Crippen LogP contribution is 2.31. The molecular weight excluding hydrogens is 240 g/mol. The lowest BCUT2D eigenvalue weighted by Gasteiger charge is -2.41. The van der Waals surface area contributed by atoms with Crippen LogP contribution in [0.5, 0.6) is 0 Å². The zero-order valence-corrected chi connectivity index (χ0v) is 12.7. The molecule has 0 aromatic heterocycles. The highest BCUT2D eigenvalue weighted by molar-refractivity contribution is 5.71. The van der Waals surface area contributed by atoms with E-state index in [4.69, 9.17) is 10.5 Å². The Morgan fingerprint density at radius 3 is 2.68 bits per heavy atom. The quantitative estimate of drug-likeness (QED) is 0.719. The summed E-state index contributed by atoms with van der Waals surface area (Å²) in [5, 5.41) is 0. The van der Waals surface area contributed by atoms with Crippen LogP contribution < -0.4 is 5.73 Å². The summed E-state index contributed by atoms with van der Waals surface area (Å²) in [6.45, 7) is 8.85. The summed E-state index contributed by atoms with van der Waals surface area (Å²) in [7, 11) is 0. The Balaban J connectivity index is 2.67. The molecular formula is C15H30N2O2. The first-order chi connectivity index (χ1) is 9.12. The first-order valence-corrected chi connectivity index (χ1v) is 7.72. The van der Waals surface area contributed by atoms with Crippen LogP contribution in [0.1, 0.15) is 46.5 Å². The van der Waals surface area contributed by atoms with Crippen molar-refractivity contribution in [1.82, 2.24) is 4.90 Å². The molecule has 0 radical (unpaired) electrons. The van der Waals surface area contributed by atoms with Crippen molar-refractivity contribution in [2.75, 3.05) is 26.2 Å². The molecule has 0 amide bonds. The van der Waals surface area contributed by atoms with Gasteiger partial charge in [-0.1, -0.05) is 20.3 Å². The fourth-order valence-corrected chi connectivity index (χ4v) is 3.16. The molecule has 1 saturated carbocycles. The van der Waals surface area contributed by atoms with Gasteiger partial charge in [-0.25, -0.2) is 0 Å². The van der Waals surface area contributed by atoms with Crippen molar-refractivity contribution in [2.24, 2.45) is 17.6 Å². The zero-order chi connectivity index (χ0) is 14.3. The van der Waals surface area contributed by atoms with E-state index in [9.17, 15) is 4.79 Å². The van der Waals surface area contributed by atoms with Gasteiger partial charge in [0.15, 0.2) is 0 Å². The van der Waals surface area contributed by atoms with Gasteiger partial charge in [-0.15, -0.1) is 0 Å².